The lowest BCUT2D eigenvalue weighted by atomic mass is 10.0. The van der Waals surface area contributed by atoms with Crippen LogP contribution in [0.4, 0.5) is 0 Å². The summed E-state index contributed by atoms with van der Waals surface area (Å²) in [4.78, 5) is 14.5. The molecule has 0 radical (unpaired) electrons. The Bertz CT molecular complexity index is 1140. The number of rotatable bonds is 6. The van der Waals surface area contributed by atoms with Crippen molar-refractivity contribution in [1.29, 1.82) is 0 Å². The molecule has 4 rings (SSSR count). The first-order valence-electron chi connectivity index (χ1n) is 9.54. The van der Waals surface area contributed by atoms with Crippen LogP contribution in [0.5, 0.6) is 0 Å². The Morgan fingerprint density at radius 1 is 1.00 bits per heavy atom. The molecular weight excluding hydrogens is 360 g/mol. The Labute approximate surface area is 169 Å². The van der Waals surface area contributed by atoms with Gasteiger partial charge in [0.05, 0.1) is 12.7 Å². The summed E-state index contributed by atoms with van der Waals surface area (Å²) in [5.74, 6) is -0.142. The van der Waals surface area contributed by atoms with Crippen LogP contribution >= 0.6 is 0 Å². The van der Waals surface area contributed by atoms with Crippen LogP contribution in [0, 0.1) is 0 Å². The van der Waals surface area contributed by atoms with Crippen LogP contribution in [0.15, 0.2) is 85.1 Å². The monoisotopic (exact) mass is 382 g/mol. The number of allylic oxidation sites excluding steroid dienone is 1. The number of nitrogens with zero attached hydrogens (tertiary/aromatic N) is 4. The highest BCUT2D eigenvalue weighted by Crippen LogP contribution is 2.20. The zero-order valence-corrected chi connectivity index (χ0v) is 16.3. The van der Waals surface area contributed by atoms with Gasteiger partial charge < -0.3 is 4.90 Å². The van der Waals surface area contributed by atoms with Crippen molar-refractivity contribution in [2.45, 2.75) is 13.1 Å². The second-order valence-corrected chi connectivity index (χ2v) is 6.94. The molecule has 0 saturated carbocycles. The highest BCUT2D eigenvalue weighted by molar-refractivity contribution is 5.92. The first-order valence-corrected chi connectivity index (χ1v) is 9.54. The van der Waals surface area contributed by atoms with Crippen molar-refractivity contribution in [3.63, 3.8) is 0 Å². The predicted molar refractivity (Wildman–Crippen MR) is 115 cm³/mol. The van der Waals surface area contributed by atoms with Gasteiger partial charge in [0.2, 0.25) is 0 Å². The topological polar surface area (TPSA) is 51.0 Å². The second-order valence-electron chi connectivity index (χ2n) is 6.94. The largest absolute Gasteiger partial charge is 0.336 e. The van der Waals surface area contributed by atoms with Crippen molar-refractivity contribution in [3.05, 3.63) is 102 Å². The fraction of sp³-hybridized carbons (Fsp3) is 0.125. The summed E-state index contributed by atoms with van der Waals surface area (Å²) >= 11 is 0. The summed E-state index contributed by atoms with van der Waals surface area (Å²) in [5, 5.41) is 10.5. The zero-order valence-electron chi connectivity index (χ0n) is 16.3. The van der Waals surface area contributed by atoms with Gasteiger partial charge in [-0.1, -0.05) is 90.2 Å². The van der Waals surface area contributed by atoms with Crippen LogP contribution in [-0.2, 0) is 13.1 Å². The number of carbonyl (C=O) groups excluding carboxylic acids is 1. The Hall–Kier alpha value is -3.73. The van der Waals surface area contributed by atoms with E-state index in [1.807, 2.05) is 60.7 Å². The number of fused-ring (bicyclic) bond motifs is 1. The summed E-state index contributed by atoms with van der Waals surface area (Å²) in [5.41, 5.74) is 2.58. The molecule has 0 aliphatic carbocycles. The molecule has 5 heteroatoms. The number of carbonyl (C=O) groups is 1. The standard InChI is InChI=1S/C24H22N4O/c1-27(17-21-14-7-13-20-12-5-6-15-22(20)21)24(29)23-18-28(26-25-23)16-8-11-19-9-3-2-4-10-19/h2-15,18H,16-17H2,1H3/b11-8+. The molecule has 0 aliphatic heterocycles. The first kappa shape index (κ1) is 18.6. The molecular formula is C24H22N4O. The Balaban J connectivity index is 1.42. The van der Waals surface area contributed by atoms with Gasteiger partial charge in [0.1, 0.15) is 0 Å². The van der Waals surface area contributed by atoms with Crippen molar-refractivity contribution in [2.75, 3.05) is 7.05 Å². The Kier molecular flexibility index (Phi) is 5.47. The summed E-state index contributed by atoms with van der Waals surface area (Å²) in [6, 6.07) is 24.4. The molecule has 0 N–H and O–H groups in total. The van der Waals surface area contributed by atoms with Gasteiger partial charge in [-0.15, -0.1) is 5.10 Å². The van der Waals surface area contributed by atoms with E-state index in [9.17, 15) is 4.79 Å². The third-order valence-electron chi connectivity index (χ3n) is 4.79. The van der Waals surface area contributed by atoms with E-state index < -0.39 is 0 Å². The average molecular weight is 382 g/mol. The quantitative estimate of drug-likeness (QED) is 0.496. The van der Waals surface area contributed by atoms with Crippen molar-refractivity contribution in [2.24, 2.45) is 0 Å². The molecule has 29 heavy (non-hydrogen) atoms. The van der Waals surface area contributed by atoms with E-state index in [4.69, 9.17) is 0 Å². The molecule has 144 valence electrons. The fourth-order valence-corrected chi connectivity index (χ4v) is 3.30. The number of hydrogen-bond acceptors (Lipinski definition) is 3. The fourth-order valence-electron chi connectivity index (χ4n) is 3.30. The molecule has 0 bridgehead atoms. The molecule has 1 amide bonds. The Morgan fingerprint density at radius 2 is 1.76 bits per heavy atom. The first-order chi connectivity index (χ1) is 14.2. The van der Waals surface area contributed by atoms with Gasteiger partial charge in [0.25, 0.3) is 5.91 Å². The third-order valence-corrected chi connectivity index (χ3v) is 4.79. The summed E-state index contributed by atoms with van der Waals surface area (Å²) in [7, 11) is 1.79. The minimum Gasteiger partial charge on any atom is -0.336 e. The lowest BCUT2D eigenvalue weighted by molar-refractivity contribution is 0.0779. The van der Waals surface area contributed by atoms with Crippen molar-refractivity contribution >= 4 is 22.8 Å². The van der Waals surface area contributed by atoms with Crippen molar-refractivity contribution < 1.29 is 4.79 Å². The molecule has 5 nitrogen and oxygen atoms in total. The molecule has 4 aromatic rings. The summed E-state index contributed by atoms with van der Waals surface area (Å²) in [6.45, 7) is 1.07. The molecule has 1 aromatic heterocycles. The normalized spacial score (nSPS) is 11.2. The van der Waals surface area contributed by atoms with E-state index in [0.29, 0.717) is 18.8 Å². The predicted octanol–water partition coefficient (Wildman–Crippen LogP) is 4.42. The molecule has 0 unspecified atom stereocenters. The number of amides is 1. The van der Waals surface area contributed by atoms with E-state index in [2.05, 4.69) is 34.6 Å². The minimum absolute atomic E-state index is 0.142. The molecule has 3 aromatic carbocycles. The van der Waals surface area contributed by atoms with Gasteiger partial charge in [0, 0.05) is 13.6 Å². The molecule has 0 saturated heterocycles. The molecule has 0 spiro atoms. The second kappa shape index (κ2) is 8.52. The van der Waals surface area contributed by atoms with Crippen LogP contribution in [-0.4, -0.2) is 32.8 Å². The summed E-state index contributed by atoms with van der Waals surface area (Å²) in [6.07, 6.45) is 5.71. The highest BCUT2D eigenvalue weighted by Gasteiger charge is 2.16. The van der Waals surface area contributed by atoms with Crippen LogP contribution < -0.4 is 0 Å². The van der Waals surface area contributed by atoms with Gasteiger partial charge in [0.15, 0.2) is 5.69 Å². The van der Waals surface area contributed by atoms with E-state index in [-0.39, 0.29) is 5.91 Å². The van der Waals surface area contributed by atoms with E-state index in [0.717, 1.165) is 16.5 Å². The van der Waals surface area contributed by atoms with Gasteiger partial charge in [-0.25, -0.2) is 4.68 Å². The molecule has 0 aliphatic rings. The van der Waals surface area contributed by atoms with E-state index in [1.165, 1.54) is 5.39 Å². The minimum atomic E-state index is -0.142. The van der Waals surface area contributed by atoms with Gasteiger partial charge in [-0.2, -0.15) is 0 Å². The summed E-state index contributed by atoms with van der Waals surface area (Å²) < 4.78 is 1.67. The zero-order chi connectivity index (χ0) is 20.1. The van der Waals surface area contributed by atoms with Crippen molar-refractivity contribution in [3.8, 4) is 0 Å². The van der Waals surface area contributed by atoms with Gasteiger partial charge in [-0.05, 0) is 21.9 Å². The smallest absolute Gasteiger partial charge is 0.276 e. The average Bonchev–Trinajstić information content (AvgIpc) is 3.23. The maximum absolute atomic E-state index is 12.8. The van der Waals surface area contributed by atoms with Crippen LogP contribution in [0.2, 0.25) is 0 Å². The lowest BCUT2D eigenvalue weighted by Crippen LogP contribution is -2.26. The number of benzene rings is 3. The van der Waals surface area contributed by atoms with Crippen LogP contribution in [0.3, 0.4) is 0 Å². The van der Waals surface area contributed by atoms with Gasteiger partial charge in [-0.3, -0.25) is 4.79 Å². The molecule has 0 atom stereocenters. The maximum Gasteiger partial charge on any atom is 0.276 e. The third kappa shape index (κ3) is 4.41. The molecule has 0 fully saturated rings. The van der Waals surface area contributed by atoms with Crippen LogP contribution in [0.25, 0.3) is 16.8 Å². The molecule has 1 heterocycles. The lowest BCUT2D eigenvalue weighted by Gasteiger charge is -2.17. The van der Waals surface area contributed by atoms with Crippen molar-refractivity contribution in [1.82, 2.24) is 19.9 Å². The maximum atomic E-state index is 12.8. The Morgan fingerprint density at radius 3 is 2.62 bits per heavy atom. The van der Waals surface area contributed by atoms with Crippen LogP contribution in [0.1, 0.15) is 21.6 Å². The number of hydrogen-bond donors (Lipinski definition) is 0. The highest BCUT2D eigenvalue weighted by atomic mass is 16.2. The van der Waals surface area contributed by atoms with E-state index >= 15 is 0 Å². The van der Waals surface area contributed by atoms with Gasteiger partial charge >= 0.3 is 0 Å². The SMILES string of the molecule is CN(Cc1cccc2ccccc12)C(=O)c1cn(C/C=C/c2ccccc2)nn1. The van der Waals surface area contributed by atoms with E-state index in [1.54, 1.807) is 22.8 Å². The number of aromatic nitrogens is 3.